The molecule has 0 radical (unpaired) electrons. The standard InChI is InChI=1S/C13H26N2O3/c1-11(10-15-6-8-17-9-7-15)14(5)12(16)18-13(2,3)4/h11H,6-10H2,1-5H3. The summed E-state index contributed by atoms with van der Waals surface area (Å²) in [6, 6.07) is 0.137. The molecule has 0 saturated carbocycles. The van der Waals surface area contributed by atoms with Gasteiger partial charge in [0.25, 0.3) is 0 Å². The molecule has 0 spiro atoms. The second-order valence-corrected chi connectivity index (χ2v) is 5.85. The zero-order chi connectivity index (χ0) is 13.8. The van der Waals surface area contributed by atoms with E-state index in [-0.39, 0.29) is 12.1 Å². The molecule has 0 aromatic carbocycles. The van der Waals surface area contributed by atoms with E-state index in [2.05, 4.69) is 4.90 Å². The van der Waals surface area contributed by atoms with Crippen LogP contribution in [0.5, 0.6) is 0 Å². The number of carbonyl (C=O) groups excluding carboxylic acids is 1. The third-order valence-electron chi connectivity index (χ3n) is 2.97. The highest BCUT2D eigenvalue weighted by molar-refractivity contribution is 5.68. The quantitative estimate of drug-likeness (QED) is 0.770. The molecule has 1 aliphatic rings. The average Bonchev–Trinajstić information content (AvgIpc) is 2.27. The van der Waals surface area contributed by atoms with Crippen molar-refractivity contribution < 1.29 is 14.3 Å². The minimum Gasteiger partial charge on any atom is -0.444 e. The van der Waals surface area contributed by atoms with Gasteiger partial charge in [0, 0.05) is 32.7 Å². The van der Waals surface area contributed by atoms with Crippen molar-refractivity contribution in [1.29, 1.82) is 0 Å². The van der Waals surface area contributed by atoms with Crippen molar-refractivity contribution in [1.82, 2.24) is 9.80 Å². The van der Waals surface area contributed by atoms with Gasteiger partial charge in [-0.1, -0.05) is 0 Å². The molecule has 0 aliphatic carbocycles. The van der Waals surface area contributed by atoms with E-state index in [4.69, 9.17) is 9.47 Å². The summed E-state index contributed by atoms with van der Waals surface area (Å²) in [6.07, 6.45) is -0.261. The first-order valence-corrected chi connectivity index (χ1v) is 6.55. The van der Waals surface area contributed by atoms with Crippen LogP contribution in [-0.4, -0.2) is 67.4 Å². The molecule has 1 amide bonds. The van der Waals surface area contributed by atoms with Gasteiger partial charge in [-0.05, 0) is 27.7 Å². The van der Waals surface area contributed by atoms with Gasteiger partial charge < -0.3 is 14.4 Å². The van der Waals surface area contributed by atoms with E-state index in [0.717, 1.165) is 32.8 Å². The lowest BCUT2D eigenvalue weighted by molar-refractivity contribution is 0.00821. The molecule has 1 saturated heterocycles. The predicted molar refractivity (Wildman–Crippen MR) is 70.7 cm³/mol. The number of carbonyl (C=O) groups is 1. The SMILES string of the molecule is CC(CN1CCOCC1)N(C)C(=O)OC(C)(C)C. The van der Waals surface area contributed by atoms with Crippen LogP contribution in [0.25, 0.3) is 0 Å². The van der Waals surface area contributed by atoms with Crippen molar-refractivity contribution in [3.05, 3.63) is 0 Å². The number of hydrogen-bond donors (Lipinski definition) is 0. The van der Waals surface area contributed by atoms with E-state index in [1.165, 1.54) is 0 Å². The van der Waals surface area contributed by atoms with E-state index < -0.39 is 5.60 Å². The van der Waals surface area contributed by atoms with Crippen LogP contribution in [0.1, 0.15) is 27.7 Å². The number of likely N-dealkylation sites (N-methyl/N-ethyl adjacent to an activating group) is 1. The summed E-state index contributed by atoms with van der Waals surface area (Å²) in [7, 11) is 1.79. The van der Waals surface area contributed by atoms with Gasteiger partial charge in [0.05, 0.1) is 13.2 Å². The lowest BCUT2D eigenvalue weighted by Crippen LogP contribution is -2.47. The first-order valence-electron chi connectivity index (χ1n) is 6.55. The fourth-order valence-electron chi connectivity index (χ4n) is 1.79. The first kappa shape index (κ1) is 15.2. The van der Waals surface area contributed by atoms with Crippen LogP contribution in [-0.2, 0) is 9.47 Å². The second-order valence-electron chi connectivity index (χ2n) is 5.85. The Morgan fingerprint density at radius 1 is 1.39 bits per heavy atom. The summed E-state index contributed by atoms with van der Waals surface area (Å²) in [5, 5.41) is 0. The molecule has 0 aromatic heterocycles. The summed E-state index contributed by atoms with van der Waals surface area (Å²) in [5.74, 6) is 0. The van der Waals surface area contributed by atoms with Crippen LogP contribution in [0, 0.1) is 0 Å². The maximum atomic E-state index is 11.9. The van der Waals surface area contributed by atoms with Crippen molar-refractivity contribution >= 4 is 6.09 Å². The van der Waals surface area contributed by atoms with Crippen molar-refractivity contribution in [3.63, 3.8) is 0 Å². The second kappa shape index (κ2) is 6.38. The highest BCUT2D eigenvalue weighted by Gasteiger charge is 2.24. The van der Waals surface area contributed by atoms with Crippen LogP contribution in [0.2, 0.25) is 0 Å². The predicted octanol–water partition coefficient (Wildman–Crippen LogP) is 1.57. The number of morpholine rings is 1. The first-order chi connectivity index (χ1) is 8.29. The lowest BCUT2D eigenvalue weighted by Gasteiger charge is -2.33. The van der Waals surface area contributed by atoms with E-state index in [1.807, 2.05) is 27.7 Å². The van der Waals surface area contributed by atoms with Gasteiger partial charge in [-0.3, -0.25) is 4.90 Å². The summed E-state index contributed by atoms with van der Waals surface area (Å²) in [5.41, 5.74) is -0.440. The Morgan fingerprint density at radius 3 is 2.44 bits per heavy atom. The molecule has 5 nitrogen and oxygen atoms in total. The van der Waals surface area contributed by atoms with Crippen LogP contribution in [0.3, 0.4) is 0 Å². The monoisotopic (exact) mass is 258 g/mol. The third-order valence-corrected chi connectivity index (χ3v) is 2.97. The Balaban J connectivity index is 2.39. The van der Waals surface area contributed by atoms with E-state index in [1.54, 1.807) is 11.9 Å². The molecule has 1 fully saturated rings. The van der Waals surface area contributed by atoms with Crippen molar-refractivity contribution in [2.45, 2.75) is 39.3 Å². The Bertz CT molecular complexity index is 270. The molecule has 5 heteroatoms. The molecule has 18 heavy (non-hydrogen) atoms. The molecule has 0 aromatic rings. The van der Waals surface area contributed by atoms with Gasteiger partial charge in [-0.2, -0.15) is 0 Å². The molecular formula is C13H26N2O3. The zero-order valence-corrected chi connectivity index (χ0v) is 12.2. The third kappa shape index (κ3) is 5.23. The Morgan fingerprint density at radius 2 is 1.94 bits per heavy atom. The van der Waals surface area contributed by atoms with Crippen LogP contribution in [0.15, 0.2) is 0 Å². The van der Waals surface area contributed by atoms with E-state index >= 15 is 0 Å². The number of amides is 1. The van der Waals surface area contributed by atoms with Crippen LogP contribution >= 0.6 is 0 Å². The van der Waals surface area contributed by atoms with Gasteiger partial charge in [0.2, 0.25) is 0 Å². The topological polar surface area (TPSA) is 42.0 Å². The zero-order valence-electron chi connectivity index (χ0n) is 12.2. The molecule has 1 rings (SSSR count). The van der Waals surface area contributed by atoms with Crippen molar-refractivity contribution in [3.8, 4) is 0 Å². The van der Waals surface area contributed by atoms with Crippen LogP contribution in [0.4, 0.5) is 4.79 Å². The molecule has 0 N–H and O–H groups in total. The fourth-order valence-corrected chi connectivity index (χ4v) is 1.79. The van der Waals surface area contributed by atoms with Crippen LogP contribution < -0.4 is 0 Å². The lowest BCUT2D eigenvalue weighted by atomic mass is 10.2. The molecular weight excluding hydrogens is 232 g/mol. The van der Waals surface area contributed by atoms with Gasteiger partial charge in [-0.15, -0.1) is 0 Å². The minimum atomic E-state index is -0.440. The average molecular weight is 258 g/mol. The molecule has 1 atom stereocenters. The Hall–Kier alpha value is -0.810. The Kier molecular flexibility index (Phi) is 5.41. The van der Waals surface area contributed by atoms with Gasteiger partial charge in [-0.25, -0.2) is 4.79 Å². The number of nitrogens with zero attached hydrogens (tertiary/aromatic N) is 2. The van der Waals surface area contributed by atoms with Crippen molar-refractivity contribution in [2.75, 3.05) is 39.9 Å². The highest BCUT2D eigenvalue weighted by Crippen LogP contribution is 2.11. The molecule has 1 unspecified atom stereocenters. The Labute approximate surface area is 110 Å². The minimum absolute atomic E-state index is 0.137. The summed E-state index contributed by atoms with van der Waals surface area (Å²) in [4.78, 5) is 15.9. The number of hydrogen-bond acceptors (Lipinski definition) is 4. The molecule has 0 bridgehead atoms. The summed E-state index contributed by atoms with van der Waals surface area (Å²) < 4.78 is 10.7. The van der Waals surface area contributed by atoms with E-state index in [0.29, 0.717) is 0 Å². The largest absolute Gasteiger partial charge is 0.444 e. The number of rotatable bonds is 3. The number of ether oxygens (including phenoxy) is 2. The summed E-state index contributed by atoms with van der Waals surface area (Å²) >= 11 is 0. The highest BCUT2D eigenvalue weighted by atomic mass is 16.6. The maximum absolute atomic E-state index is 11.9. The van der Waals surface area contributed by atoms with Gasteiger partial charge in [0.1, 0.15) is 5.60 Å². The molecule has 1 heterocycles. The maximum Gasteiger partial charge on any atom is 0.410 e. The summed E-state index contributed by atoms with van der Waals surface area (Å²) in [6.45, 7) is 12.0. The normalized spacial score (nSPS) is 19.4. The van der Waals surface area contributed by atoms with Crippen molar-refractivity contribution in [2.24, 2.45) is 0 Å². The fraction of sp³-hybridized carbons (Fsp3) is 0.923. The van der Waals surface area contributed by atoms with Gasteiger partial charge in [0.15, 0.2) is 0 Å². The molecule has 1 aliphatic heterocycles. The van der Waals surface area contributed by atoms with E-state index in [9.17, 15) is 4.79 Å². The van der Waals surface area contributed by atoms with Gasteiger partial charge >= 0.3 is 6.09 Å². The molecule has 106 valence electrons. The smallest absolute Gasteiger partial charge is 0.410 e.